The van der Waals surface area contributed by atoms with Crippen molar-refractivity contribution in [2.45, 2.75) is 40.5 Å². The van der Waals surface area contributed by atoms with Crippen LogP contribution in [0.5, 0.6) is 5.75 Å². The summed E-state index contributed by atoms with van der Waals surface area (Å²) in [5, 5.41) is 14.1. The lowest BCUT2D eigenvalue weighted by atomic mass is 9.79. The van der Waals surface area contributed by atoms with Gasteiger partial charge in [0, 0.05) is 55.8 Å². The zero-order valence-corrected chi connectivity index (χ0v) is 24.5. The maximum absolute atomic E-state index is 12.9. The molecule has 0 atom stereocenters. The molecule has 0 saturated carbocycles. The lowest BCUT2D eigenvalue weighted by Gasteiger charge is -2.38. The molecular formula is C31H39N7O3. The van der Waals surface area contributed by atoms with Crippen molar-refractivity contribution in [2.75, 3.05) is 57.4 Å². The van der Waals surface area contributed by atoms with Gasteiger partial charge in [0.15, 0.2) is 0 Å². The van der Waals surface area contributed by atoms with E-state index in [1.54, 1.807) is 10.7 Å². The minimum absolute atomic E-state index is 0.0168. The normalized spacial score (nSPS) is 18.0. The molecule has 3 aromatic heterocycles. The largest absolute Gasteiger partial charge is 0.491 e. The van der Waals surface area contributed by atoms with Gasteiger partial charge in [-0.2, -0.15) is 10.4 Å². The van der Waals surface area contributed by atoms with E-state index < -0.39 is 5.41 Å². The second kappa shape index (κ2) is 12.4. The quantitative estimate of drug-likeness (QED) is 0.379. The number of pyridine rings is 2. The topological polar surface area (TPSA) is 108 Å². The third-order valence-electron chi connectivity index (χ3n) is 8.37. The smallest absolute Gasteiger partial charge is 0.251 e. The van der Waals surface area contributed by atoms with Gasteiger partial charge in [-0.15, -0.1) is 0 Å². The van der Waals surface area contributed by atoms with Crippen molar-refractivity contribution < 1.29 is 14.3 Å². The molecule has 0 aromatic carbocycles. The highest BCUT2D eigenvalue weighted by Gasteiger charge is 2.37. The van der Waals surface area contributed by atoms with Crippen molar-refractivity contribution in [2.24, 2.45) is 16.3 Å². The predicted octanol–water partition coefficient (Wildman–Crippen LogP) is 4.23. The SMILES string of the molecule is C/C(=N\C(=O)C1(C)CCN(c2ccc(-c3cc(OCCN4CCOCC4)cn4ncc(C#N)c34)cn2)CC1)C(C)C. The van der Waals surface area contributed by atoms with E-state index in [1.165, 1.54) is 0 Å². The number of ether oxygens (including phenoxy) is 2. The van der Waals surface area contributed by atoms with Gasteiger partial charge in [-0.05, 0) is 43.9 Å². The molecule has 5 heterocycles. The zero-order chi connectivity index (χ0) is 29.0. The molecule has 0 N–H and O–H groups in total. The Morgan fingerprint density at radius 3 is 2.61 bits per heavy atom. The maximum atomic E-state index is 12.9. The molecular weight excluding hydrogens is 518 g/mol. The summed E-state index contributed by atoms with van der Waals surface area (Å²) in [6.07, 6.45) is 6.70. The molecule has 41 heavy (non-hydrogen) atoms. The first-order valence-corrected chi connectivity index (χ1v) is 14.4. The third-order valence-corrected chi connectivity index (χ3v) is 8.37. The number of fused-ring (bicyclic) bond motifs is 1. The van der Waals surface area contributed by atoms with Crippen molar-refractivity contribution in [3.8, 4) is 22.9 Å². The van der Waals surface area contributed by atoms with Gasteiger partial charge >= 0.3 is 0 Å². The number of rotatable bonds is 8. The summed E-state index contributed by atoms with van der Waals surface area (Å²) in [7, 11) is 0. The summed E-state index contributed by atoms with van der Waals surface area (Å²) in [4.78, 5) is 26.6. The molecule has 3 aromatic rings. The molecule has 2 saturated heterocycles. The van der Waals surface area contributed by atoms with Crippen LogP contribution in [0, 0.1) is 22.7 Å². The molecule has 2 aliphatic heterocycles. The molecule has 5 rings (SSSR count). The Kier molecular flexibility index (Phi) is 8.66. The number of amides is 1. The highest BCUT2D eigenvalue weighted by Crippen LogP contribution is 2.35. The van der Waals surface area contributed by atoms with Gasteiger partial charge in [0.1, 0.15) is 24.2 Å². The molecule has 216 valence electrons. The van der Waals surface area contributed by atoms with Crippen LogP contribution >= 0.6 is 0 Å². The Morgan fingerprint density at radius 2 is 1.95 bits per heavy atom. The van der Waals surface area contributed by atoms with Crippen molar-refractivity contribution >= 4 is 23.0 Å². The minimum atomic E-state index is -0.448. The molecule has 2 aliphatic rings. The Balaban J connectivity index is 1.30. The summed E-state index contributed by atoms with van der Waals surface area (Å²) in [6, 6.07) is 8.25. The number of aliphatic imine (C=N–C) groups is 1. The Labute approximate surface area is 241 Å². The van der Waals surface area contributed by atoms with Crippen molar-refractivity contribution in [3.05, 3.63) is 42.4 Å². The second-order valence-electron chi connectivity index (χ2n) is 11.5. The molecule has 0 bridgehead atoms. The van der Waals surface area contributed by atoms with Crippen molar-refractivity contribution in [1.29, 1.82) is 5.26 Å². The van der Waals surface area contributed by atoms with E-state index in [9.17, 15) is 10.1 Å². The first-order chi connectivity index (χ1) is 19.8. The fourth-order valence-corrected chi connectivity index (χ4v) is 5.20. The monoisotopic (exact) mass is 557 g/mol. The van der Waals surface area contributed by atoms with Gasteiger partial charge in [-0.25, -0.2) is 14.5 Å². The average Bonchev–Trinajstić information content (AvgIpc) is 3.41. The molecule has 0 radical (unpaired) electrons. The van der Waals surface area contributed by atoms with Crippen LogP contribution in [0.4, 0.5) is 5.82 Å². The standard InChI is InChI=1S/C31H39N7O3/c1-22(2)23(3)35-30(39)31(4)7-9-37(10-8-31)28-6-5-24(19-33-28)27-17-26(21-38-29(27)25(18-32)20-34-38)41-16-13-36-11-14-40-15-12-36/h5-6,17,19-22H,7-16H2,1-4H3/b35-23+. The van der Waals surface area contributed by atoms with Crippen LogP contribution in [0.2, 0.25) is 0 Å². The number of piperidine rings is 1. The molecule has 10 heteroatoms. The van der Waals surface area contributed by atoms with Gasteiger partial charge in [0.25, 0.3) is 5.91 Å². The van der Waals surface area contributed by atoms with Gasteiger partial charge < -0.3 is 14.4 Å². The van der Waals surface area contributed by atoms with Gasteiger partial charge in [0.2, 0.25) is 0 Å². The molecule has 1 amide bonds. The average molecular weight is 558 g/mol. The third kappa shape index (κ3) is 6.42. The van der Waals surface area contributed by atoms with E-state index in [0.29, 0.717) is 17.9 Å². The van der Waals surface area contributed by atoms with Crippen LogP contribution in [0.1, 0.15) is 46.1 Å². The van der Waals surface area contributed by atoms with Crippen LogP contribution in [0.25, 0.3) is 16.6 Å². The summed E-state index contributed by atoms with van der Waals surface area (Å²) >= 11 is 0. The van der Waals surface area contributed by atoms with Crippen LogP contribution in [0.3, 0.4) is 0 Å². The maximum Gasteiger partial charge on any atom is 0.251 e. The number of morpholine rings is 1. The summed E-state index contributed by atoms with van der Waals surface area (Å²) in [5.41, 5.74) is 3.39. The Bertz CT molecular complexity index is 1440. The van der Waals surface area contributed by atoms with E-state index in [-0.39, 0.29) is 11.8 Å². The summed E-state index contributed by atoms with van der Waals surface area (Å²) < 4.78 is 13.3. The van der Waals surface area contributed by atoms with Crippen LogP contribution in [0.15, 0.2) is 41.8 Å². The number of aromatic nitrogens is 3. The summed E-state index contributed by atoms with van der Waals surface area (Å²) in [5.74, 6) is 1.80. The van der Waals surface area contributed by atoms with Gasteiger partial charge in [-0.3, -0.25) is 9.69 Å². The lowest BCUT2D eigenvalue weighted by molar-refractivity contribution is -0.127. The van der Waals surface area contributed by atoms with Crippen molar-refractivity contribution in [3.63, 3.8) is 0 Å². The van der Waals surface area contributed by atoms with Crippen LogP contribution < -0.4 is 9.64 Å². The first kappa shape index (κ1) is 28.7. The van der Waals surface area contributed by atoms with E-state index in [4.69, 9.17) is 14.5 Å². The number of anilines is 1. The molecule has 0 unspecified atom stereocenters. The van der Waals surface area contributed by atoms with E-state index >= 15 is 0 Å². The van der Waals surface area contributed by atoms with Crippen molar-refractivity contribution in [1.82, 2.24) is 19.5 Å². The number of hydrogen-bond acceptors (Lipinski definition) is 8. The Morgan fingerprint density at radius 1 is 1.20 bits per heavy atom. The Hall–Kier alpha value is -3.81. The number of nitrogens with zero attached hydrogens (tertiary/aromatic N) is 7. The second-order valence-corrected chi connectivity index (χ2v) is 11.5. The van der Waals surface area contributed by atoms with Gasteiger partial charge in [0.05, 0.1) is 42.1 Å². The number of carbonyl (C=O) groups excluding carboxylic acids is 1. The molecule has 2 fully saturated rings. The number of hydrogen-bond donors (Lipinski definition) is 0. The first-order valence-electron chi connectivity index (χ1n) is 14.4. The summed E-state index contributed by atoms with van der Waals surface area (Å²) in [6.45, 7) is 14.2. The fraction of sp³-hybridized carbons (Fsp3) is 0.516. The highest BCUT2D eigenvalue weighted by atomic mass is 16.5. The minimum Gasteiger partial charge on any atom is -0.491 e. The van der Waals surface area contributed by atoms with Gasteiger partial charge in [-0.1, -0.05) is 20.8 Å². The van der Waals surface area contributed by atoms with E-state index in [1.807, 2.05) is 44.4 Å². The lowest BCUT2D eigenvalue weighted by Crippen LogP contribution is -2.42. The zero-order valence-electron chi connectivity index (χ0n) is 24.5. The van der Waals surface area contributed by atoms with E-state index in [2.05, 4.69) is 39.8 Å². The predicted molar refractivity (Wildman–Crippen MR) is 158 cm³/mol. The highest BCUT2D eigenvalue weighted by molar-refractivity contribution is 5.97. The van der Waals surface area contributed by atoms with E-state index in [0.717, 1.165) is 87.0 Å². The molecule has 0 spiro atoms. The van der Waals surface area contributed by atoms with Crippen LogP contribution in [-0.2, 0) is 9.53 Å². The number of nitriles is 1. The number of carbonyl (C=O) groups is 1. The molecule has 0 aliphatic carbocycles. The van der Waals surface area contributed by atoms with Crippen LogP contribution in [-0.4, -0.2) is 83.7 Å². The molecule has 10 nitrogen and oxygen atoms in total. The fourth-order valence-electron chi connectivity index (χ4n) is 5.20.